The highest BCUT2D eigenvalue weighted by Crippen LogP contribution is 2.29. The highest BCUT2D eigenvalue weighted by Gasteiger charge is 2.42. The van der Waals surface area contributed by atoms with Crippen LogP contribution in [0.3, 0.4) is 0 Å². The van der Waals surface area contributed by atoms with Crippen molar-refractivity contribution in [2.24, 2.45) is 0 Å². The molecule has 1 amide bonds. The summed E-state index contributed by atoms with van der Waals surface area (Å²) < 4.78 is 10.4. The van der Waals surface area contributed by atoms with Crippen molar-refractivity contribution in [2.45, 2.75) is 19.0 Å². The van der Waals surface area contributed by atoms with Gasteiger partial charge in [-0.15, -0.1) is 0 Å². The van der Waals surface area contributed by atoms with Crippen LogP contribution >= 0.6 is 0 Å². The van der Waals surface area contributed by atoms with E-state index in [0.29, 0.717) is 11.5 Å². The van der Waals surface area contributed by atoms with Crippen molar-refractivity contribution < 1.29 is 23.9 Å². The van der Waals surface area contributed by atoms with Gasteiger partial charge in [-0.3, -0.25) is 9.59 Å². The van der Waals surface area contributed by atoms with Gasteiger partial charge in [0.25, 0.3) is 5.78 Å². The fourth-order valence-corrected chi connectivity index (χ4v) is 2.22. The molecule has 0 radical (unpaired) electrons. The van der Waals surface area contributed by atoms with Gasteiger partial charge in [0.2, 0.25) is 5.91 Å². The zero-order valence-corrected chi connectivity index (χ0v) is 11.8. The van der Waals surface area contributed by atoms with E-state index in [0.717, 1.165) is 11.8 Å². The van der Waals surface area contributed by atoms with Crippen molar-refractivity contribution in [1.29, 1.82) is 0 Å². The Labute approximate surface area is 121 Å². The zero-order chi connectivity index (χ0) is 15.4. The lowest BCUT2D eigenvalue weighted by molar-refractivity contribution is -0.152. The number of hydrogen-bond acceptors (Lipinski definition) is 4. The zero-order valence-electron chi connectivity index (χ0n) is 11.8. The summed E-state index contributed by atoms with van der Waals surface area (Å²) in [7, 11) is 3.08. The van der Waals surface area contributed by atoms with E-state index in [9.17, 15) is 9.59 Å². The van der Waals surface area contributed by atoms with E-state index >= 15 is 0 Å². The van der Waals surface area contributed by atoms with E-state index in [1.807, 2.05) is 0 Å². The smallest absolute Gasteiger partial charge is 0.325 e. The highest BCUT2D eigenvalue weighted by molar-refractivity contribution is 6.29. The van der Waals surface area contributed by atoms with Crippen LogP contribution in [-0.2, 0) is 16.1 Å². The summed E-state index contributed by atoms with van der Waals surface area (Å²) in [4.78, 5) is 27.5. The SMILES string of the molecule is COc1ccc(CN2C(=O)CC2C(=O)C=[N+]=[N-])c(OC)c1. The Morgan fingerprint density at radius 3 is 2.81 bits per heavy atom. The summed E-state index contributed by atoms with van der Waals surface area (Å²) in [6.45, 7) is 0.252. The molecule has 110 valence electrons. The molecule has 0 saturated carbocycles. The maximum atomic E-state index is 11.7. The number of ketones is 1. The summed E-state index contributed by atoms with van der Waals surface area (Å²) in [6.07, 6.45) is 0.943. The average Bonchev–Trinajstić information content (AvgIpc) is 2.50. The molecule has 21 heavy (non-hydrogen) atoms. The lowest BCUT2D eigenvalue weighted by atomic mass is 9.96. The number of amides is 1. The summed E-state index contributed by atoms with van der Waals surface area (Å²) in [5.74, 6) is 0.698. The van der Waals surface area contributed by atoms with Crippen LogP contribution < -0.4 is 9.47 Å². The molecule has 0 spiro atoms. The molecule has 1 aliphatic heterocycles. The molecule has 7 heteroatoms. The number of β-lactam (4-membered cyclic amide) rings is 1. The quantitative estimate of drug-likeness (QED) is 0.333. The second-order valence-corrected chi connectivity index (χ2v) is 4.57. The molecule has 1 fully saturated rings. The lowest BCUT2D eigenvalue weighted by Gasteiger charge is -2.38. The van der Waals surface area contributed by atoms with Crippen LogP contribution in [-0.4, -0.2) is 47.9 Å². The number of benzene rings is 1. The van der Waals surface area contributed by atoms with E-state index in [4.69, 9.17) is 15.0 Å². The summed E-state index contributed by atoms with van der Waals surface area (Å²) in [5.41, 5.74) is 9.17. The fourth-order valence-electron chi connectivity index (χ4n) is 2.22. The van der Waals surface area contributed by atoms with Gasteiger partial charge in [0.1, 0.15) is 17.5 Å². The topological polar surface area (TPSA) is 92.2 Å². The van der Waals surface area contributed by atoms with E-state index in [2.05, 4.69) is 4.79 Å². The minimum atomic E-state index is -0.583. The molecule has 0 N–H and O–H groups in total. The first kappa shape index (κ1) is 14.7. The lowest BCUT2D eigenvalue weighted by Crippen LogP contribution is -2.56. The third-order valence-electron chi connectivity index (χ3n) is 3.41. The van der Waals surface area contributed by atoms with Crippen molar-refractivity contribution in [2.75, 3.05) is 14.2 Å². The maximum absolute atomic E-state index is 11.7. The minimum Gasteiger partial charge on any atom is -0.497 e. The summed E-state index contributed by atoms with van der Waals surface area (Å²) >= 11 is 0. The van der Waals surface area contributed by atoms with Crippen LogP contribution in [0, 0.1) is 0 Å². The first-order chi connectivity index (χ1) is 10.1. The van der Waals surface area contributed by atoms with Gasteiger partial charge >= 0.3 is 6.21 Å². The van der Waals surface area contributed by atoms with Gasteiger partial charge in [0, 0.05) is 11.6 Å². The van der Waals surface area contributed by atoms with Gasteiger partial charge in [-0.1, -0.05) is 0 Å². The first-order valence-corrected chi connectivity index (χ1v) is 6.32. The van der Waals surface area contributed by atoms with Crippen LogP contribution in [0.15, 0.2) is 18.2 Å². The van der Waals surface area contributed by atoms with Crippen molar-refractivity contribution in [3.63, 3.8) is 0 Å². The molecule has 1 unspecified atom stereocenters. The number of likely N-dealkylation sites (tertiary alicyclic amines) is 1. The fraction of sp³-hybridized carbons (Fsp3) is 0.357. The van der Waals surface area contributed by atoms with Gasteiger partial charge in [0.05, 0.1) is 27.2 Å². The molecule has 1 aromatic rings. The molecule has 0 aliphatic carbocycles. The summed E-state index contributed by atoms with van der Waals surface area (Å²) in [5, 5.41) is 0. The van der Waals surface area contributed by atoms with E-state index < -0.39 is 11.8 Å². The average molecular weight is 289 g/mol. The standard InChI is InChI=1S/C14H15N3O4/c1-20-10-4-3-9(13(5-10)21-2)8-17-11(6-14(17)19)12(18)7-16-15/h3-5,7,11H,6,8H2,1-2H3. The van der Waals surface area contributed by atoms with Crippen LogP contribution in [0.2, 0.25) is 0 Å². The van der Waals surface area contributed by atoms with Crippen LogP contribution in [0.25, 0.3) is 5.53 Å². The third-order valence-corrected chi connectivity index (χ3v) is 3.41. The number of ether oxygens (including phenoxy) is 2. The van der Waals surface area contributed by atoms with E-state index in [-0.39, 0.29) is 18.9 Å². The monoisotopic (exact) mass is 289 g/mol. The number of hydrogen-bond donors (Lipinski definition) is 0. The third kappa shape index (κ3) is 2.93. The number of carbonyl (C=O) groups excluding carboxylic acids is 2. The minimum absolute atomic E-state index is 0.127. The molecule has 1 aromatic carbocycles. The molecule has 0 aromatic heterocycles. The number of methoxy groups -OCH3 is 2. The van der Waals surface area contributed by atoms with Gasteiger partial charge < -0.3 is 19.9 Å². The Hall–Kier alpha value is -2.66. The number of carbonyl (C=O) groups is 2. The van der Waals surface area contributed by atoms with Gasteiger partial charge in [-0.25, -0.2) is 0 Å². The Morgan fingerprint density at radius 2 is 2.24 bits per heavy atom. The van der Waals surface area contributed by atoms with Crippen LogP contribution in [0.4, 0.5) is 0 Å². The predicted molar refractivity (Wildman–Crippen MR) is 73.2 cm³/mol. The number of rotatable bonds is 6. The molecule has 1 aliphatic rings. The van der Waals surface area contributed by atoms with Crippen LogP contribution in [0.1, 0.15) is 12.0 Å². The van der Waals surface area contributed by atoms with Gasteiger partial charge in [-0.05, 0) is 12.1 Å². The van der Waals surface area contributed by atoms with Gasteiger partial charge in [-0.2, -0.15) is 4.79 Å². The molecule has 2 rings (SSSR count). The van der Waals surface area contributed by atoms with Crippen LogP contribution in [0.5, 0.6) is 11.5 Å². The van der Waals surface area contributed by atoms with E-state index in [1.165, 1.54) is 12.0 Å². The highest BCUT2D eigenvalue weighted by atomic mass is 16.5. The van der Waals surface area contributed by atoms with Gasteiger partial charge in [0.15, 0.2) is 0 Å². The number of nitrogens with zero attached hydrogens (tertiary/aromatic N) is 3. The molecule has 0 bridgehead atoms. The Balaban J connectivity index is 2.18. The van der Waals surface area contributed by atoms with Crippen molar-refractivity contribution in [3.8, 4) is 11.5 Å². The molecule has 1 atom stereocenters. The predicted octanol–water partition coefficient (Wildman–Crippen LogP) is 0.674. The molecular weight excluding hydrogens is 274 g/mol. The van der Waals surface area contributed by atoms with Crippen molar-refractivity contribution in [3.05, 3.63) is 29.3 Å². The summed E-state index contributed by atoms with van der Waals surface area (Å²) in [6, 6.07) is 4.67. The number of Topliss-reactive ketones (excluding diaryl/α,β-unsaturated/α-hetero) is 1. The molecular formula is C14H15N3O4. The first-order valence-electron chi connectivity index (χ1n) is 6.32. The Morgan fingerprint density at radius 1 is 1.48 bits per heavy atom. The Bertz CT molecular complexity index is 623. The molecule has 1 heterocycles. The van der Waals surface area contributed by atoms with Crippen molar-refractivity contribution in [1.82, 2.24) is 4.90 Å². The maximum Gasteiger partial charge on any atom is 0.325 e. The Kier molecular flexibility index (Phi) is 4.35. The normalized spacial score (nSPS) is 16.8. The van der Waals surface area contributed by atoms with Crippen molar-refractivity contribution >= 4 is 17.9 Å². The molecule has 7 nitrogen and oxygen atoms in total. The van der Waals surface area contributed by atoms with E-state index in [1.54, 1.807) is 25.3 Å². The second-order valence-electron chi connectivity index (χ2n) is 4.57. The second kappa shape index (κ2) is 6.19. The largest absolute Gasteiger partial charge is 0.497 e. The molecule has 1 saturated heterocycles.